The zero-order chi connectivity index (χ0) is 22.1. The fraction of sp³-hybridized carbons (Fsp3) is 0.240. The minimum atomic E-state index is -0.610. The van der Waals surface area contributed by atoms with Gasteiger partial charge in [0.2, 0.25) is 5.91 Å². The molecule has 3 heterocycles. The summed E-state index contributed by atoms with van der Waals surface area (Å²) in [5, 5.41) is 0. The predicted octanol–water partition coefficient (Wildman–Crippen LogP) is 3.30. The monoisotopic (exact) mass is 429 g/mol. The number of fused-ring (bicyclic) bond motifs is 3. The van der Waals surface area contributed by atoms with Gasteiger partial charge in [-0.25, -0.2) is 0 Å². The molecule has 1 saturated heterocycles. The van der Waals surface area contributed by atoms with Gasteiger partial charge in [0.05, 0.1) is 25.9 Å². The van der Waals surface area contributed by atoms with Crippen LogP contribution in [-0.4, -0.2) is 47.5 Å². The quantitative estimate of drug-likeness (QED) is 0.636. The van der Waals surface area contributed by atoms with E-state index in [9.17, 15) is 9.59 Å². The molecule has 3 aromatic rings. The van der Waals surface area contributed by atoms with Crippen LogP contribution in [0.4, 0.5) is 5.69 Å². The summed E-state index contributed by atoms with van der Waals surface area (Å²) >= 11 is 0. The lowest BCUT2D eigenvalue weighted by atomic mass is 10.1. The van der Waals surface area contributed by atoms with Gasteiger partial charge in [0.1, 0.15) is 29.3 Å². The highest BCUT2D eigenvalue weighted by atomic mass is 16.5. The second kappa shape index (κ2) is 8.34. The number of ether oxygens (including phenoxy) is 2. The number of amides is 2. The Morgan fingerprint density at radius 1 is 1.09 bits per heavy atom. The summed E-state index contributed by atoms with van der Waals surface area (Å²) in [7, 11) is 1.62. The second-order valence-corrected chi connectivity index (χ2v) is 7.90. The molecule has 2 aromatic carbocycles. The molecule has 0 N–H and O–H groups in total. The Labute approximate surface area is 186 Å². The van der Waals surface area contributed by atoms with E-state index < -0.39 is 6.04 Å². The third-order valence-electron chi connectivity index (χ3n) is 5.91. The van der Waals surface area contributed by atoms with Crippen molar-refractivity contribution in [2.24, 2.45) is 0 Å². The maximum absolute atomic E-state index is 13.8. The maximum Gasteiger partial charge on any atom is 0.273 e. The highest BCUT2D eigenvalue weighted by Crippen LogP contribution is 2.37. The van der Waals surface area contributed by atoms with Crippen LogP contribution < -0.4 is 14.4 Å². The molecular formula is C25H23N3O4. The highest BCUT2D eigenvalue weighted by molar-refractivity contribution is 6.03. The average molecular weight is 429 g/mol. The third-order valence-corrected chi connectivity index (χ3v) is 5.91. The molecule has 2 aliphatic heterocycles. The first-order chi connectivity index (χ1) is 15.6. The Morgan fingerprint density at radius 2 is 1.88 bits per heavy atom. The topological polar surface area (TPSA) is 72.0 Å². The number of carbonyl (C=O) groups excluding carboxylic acids is 2. The maximum atomic E-state index is 13.8. The molecule has 2 aliphatic rings. The molecule has 2 unspecified atom stereocenters. The van der Waals surface area contributed by atoms with E-state index in [1.54, 1.807) is 41.3 Å². The van der Waals surface area contributed by atoms with Crippen LogP contribution in [0.15, 0.2) is 72.9 Å². The molecule has 0 radical (unpaired) electrons. The van der Waals surface area contributed by atoms with E-state index in [1.807, 2.05) is 48.5 Å². The molecular weight excluding hydrogens is 406 g/mol. The number of likely N-dealkylation sites (tertiary alicyclic amines) is 1. The smallest absolute Gasteiger partial charge is 0.273 e. The van der Waals surface area contributed by atoms with Gasteiger partial charge in [-0.1, -0.05) is 30.3 Å². The molecule has 7 nitrogen and oxygen atoms in total. The van der Waals surface area contributed by atoms with Crippen molar-refractivity contribution in [3.05, 3.63) is 84.2 Å². The van der Waals surface area contributed by atoms with E-state index in [4.69, 9.17) is 9.47 Å². The number of carbonyl (C=O) groups is 2. The Kier molecular flexibility index (Phi) is 5.23. The molecule has 2 atom stereocenters. The van der Waals surface area contributed by atoms with E-state index in [-0.39, 0.29) is 17.9 Å². The van der Waals surface area contributed by atoms with Crippen molar-refractivity contribution < 1.29 is 19.1 Å². The summed E-state index contributed by atoms with van der Waals surface area (Å²) in [6.07, 6.45) is 1.78. The summed E-state index contributed by atoms with van der Waals surface area (Å²) in [5.74, 6) is 1.01. The molecule has 0 saturated carbocycles. The summed E-state index contributed by atoms with van der Waals surface area (Å²) in [6.45, 7) is 0.701. The normalized spacial score (nSPS) is 19.6. The van der Waals surface area contributed by atoms with Crippen LogP contribution >= 0.6 is 0 Å². The standard InChI is InChI=1S/C25H23N3O4/c1-31-18-11-9-17(10-12-18)15-27-21-7-2-3-8-23(21)32-19-14-22(25(27)30)28(16-19)24(29)20-6-4-5-13-26-20/h2-13,19,22H,14-16H2,1H3. The summed E-state index contributed by atoms with van der Waals surface area (Å²) < 4.78 is 11.5. The first-order valence-corrected chi connectivity index (χ1v) is 10.6. The van der Waals surface area contributed by atoms with Crippen LogP contribution in [-0.2, 0) is 11.3 Å². The molecule has 5 rings (SSSR count). The van der Waals surface area contributed by atoms with E-state index in [0.29, 0.717) is 36.6 Å². The number of pyridine rings is 1. The van der Waals surface area contributed by atoms with Crippen LogP contribution in [0.25, 0.3) is 0 Å². The lowest BCUT2D eigenvalue weighted by molar-refractivity contribution is -0.122. The number of rotatable bonds is 4. The summed E-state index contributed by atoms with van der Waals surface area (Å²) in [4.78, 5) is 34.5. The van der Waals surface area contributed by atoms with Gasteiger partial charge in [0.25, 0.3) is 5.91 Å². The number of hydrogen-bond donors (Lipinski definition) is 0. The summed E-state index contributed by atoms with van der Waals surface area (Å²) in [6, 6.07) is 19.7. The number of anilines is 1. The Bertz CT molecular complexity index is 1130. The molecule has 0 spiro atoms. The van der Waals surface area contributed by atoms with Gasteiger partial charge in [-0.3, -0.25) is 14.6 Å². The molecule has 1 fully saturated rings. The van der Waals surface area contributed by atoms with Crippen molar-refractivity contribution in [3.63, 3.8) is 0 Å². The predicted molar refractivity (Wildman–Crippen MR) is 119 cm³/mol. The lowest BCUT2D eigenvalue weighted by Gasteiger charge is -2.31. The number of hydrogen-bond acceptors (Lipinski definition) is 5. The van der Waals surface area contributed by atoms with Gasteiger partial charge in [-0.2, -0.15) is 0 Å². The zero-order valence-corrected chi connectivity index (χ0v) is 17.7. The minimum absolute atomic E-state index is 0.122. The molecule has 32 heavy (non-hydrogen) atoms. The van der Waals surface area contributed by atoms with E-state index in [0.717, 1.165) is 11.3 Å². The second-order valence-electron chi connectivity index (χ2n) is 7.90. The van der Waals surface area contributed by atoms with Gasteiger partial charge in [0.15, 0.2) is 0 Å². The number of methoxy groups -OCH3 is 1. The van der Waals surface area contributed by atoms with Crippen molar-refractivity contribution >= 4 is 17.5 Å². The van der Waals surface area contributed by atoms with Gasteiger partial charge >= 0.3 is 0 Å². The van der Waals surface area contributed by atoms with E-state index in [2.05, 4.69) is 4.98 Å². The molecule has 2 bridgehead atoms. The fourth-order valence-corrected chi connectivity index (χ4v) is 4.31. The Balaban J connectivity index is 1.50. The van der Waals surface area contributed by atoms with Crippen LogP contribution in [0.3, 0.4) is 0 Å². The first kappa shape index (κ1) is 20.1. The lowest BCUT2D eigenvalue weighted by Crippen LogP contribution is -2.48. The largest absolute Gasteiger partial charge is 0.497 e. The van der Waals surface area contributed by atoms with E-state index in [1.165, 1.54) is 0 Å². The first-order valence-electron chi connectivity index (χ1n) is 10.6. The fourth-order valence-electron chi connectivity index (χ4n) is 4.31. The summed E-state index contributed by atoms with van der Waals surface area (Å²) in [5.41, 5.74) is 1.98. The number of para-hydroxylation sites is 2. The number of benzene rings is 2. The Morgan fingerprint density at radius 3 is 2.62 bits per heavy atom. The molecule has 162 valence electrons. The van der Waals surface area contributed by atoms with Crippen molar-refractivity contribution in [1.29, 1.82) is 0 Å². The number of aromatic nitrogens is 1. The number of nitrogens with zero attached hydrogens (tertiary/aromatic N) is 3. The highest BCUT2D eigenvalue weighted by Gasteiger charge is 2.45. The molecule has 0 aliphatic carbocycles. The SMILES string of the molecule is COc1ccc(CN2C(=O)C3CC(CN3C(=O)c3ccccn3)Oc3ccccc32)cc1. The molecule has 2 amide bonds. The van der Waals surface area contributed by atoms with Crippen molar-refractivity contribution in [2.75, 3.05) is 18.6 Å². The van der Waals surface area contributed by atoms with Gasteiger partial charge in [-0.15, -0.1) is 0 Å². The van der Waals surface area contributed by atoms with Crippen molar-refractivity contribution in [3.8, 4) is 11.5 Å². The van der Waals surface area contributed by atoms with E-state index >= 15 is 0 Å². The Hall–Kier alpha value is -3.87. The van der Waals surface area contributed by atoms with Gasteiger partial charge in [-0.05, 0) is 42.0 Å². The molecule has 1 aromatic heterocycles. The zero-order valence-electron chi connectivity index (χ0n) is 17.7. The van der Waals surface area contributed by atoms with Gasteiger partial charge < -0.3 is 19.3 Å². The molecule has 7 heteroatoms. The van der Waals surface area contributed by atoms with Crippen LogP contribution in [0.2, 0.25) is 0 Å². The van der Waals surface area contributed by atoms with Gasteiger partial charge in [0, 0.05) is 12.6 Å². The van der Waals surface area contributed by atoms with Crippen molar-refractivity contribution in [1.82, 2.24) is 9.88 Å². The third kappa shape index (κ3) is 3.66. The van der Waals surface area contributed by atoms with Crippen LogP contribution in [0.1, 0.15) is 22.5 Å². The van der Waals surface area contributed by atoms with Crippen molar-refractivity contribution in [2.45, 2.75) is 25.1 Å². The minimum Gasteiger partial charge on any atom is -0.497 e. The average Bonchev–Trinajstić information content (AvgIpc) is 3.27. The van der Waals surface area contributed by atoms with Crippen LogP contribution in [0.5, 0.6) is 11.5 Å². The van der Waals surface area contributed by atoms with Crippen LogP contribution in [0, 0.1) is 0 Å².